The maximum absolute atomic E-state index is 5.66. The van der Waals surface area contributed by atoms with Crippen LogP contribution in [0.2, 0.25) is 0 Å². The Kier molecular flexibility index (Phi) is 6.40. The molecule has 1 saturated heterocycles. The molecule has 1 aliphatic heterocycles. The van der Waals surface area contributed by atoms with Crippen molar-refractivity contribution in [2.75, 3.05) is 45.2 Å². The molecule has 31 heavy (non-hydrogen) atoms. The van der Waals surface area contributed by atoms with Crippen molar-refractivity contribution in [3.8, 4) is 17.2 Å². The molecule has 0 radical (unpaired) electrons. The molecule has 0 bridgehead atoms. The van der Waals surface area contributed by atoms with Crippen molar-refractivity contribution in [1.82, 2.24) is 15.2 Å². The van der Waals surface area contributed by atoms with Gasteiger partial charge in [0.05, 0.1) is 19.3 Å². The van der Waals surface area contributed by atoms with Gasteiger partial charge in [0.25, 0.3) is 0 Å². The normalized spacial score (nSPS) is 14.6. The van der Waals surface area contributed by atoms with Gasteiger partial charge in [-0.2, -0.15) is 0 Å². The Hall–Kier alpha value is -3.48. The highest BCUT2D eigenvalue weighted by atomic mass is 16.5. The zero-order valence-corrected chi connectivity index (χ0v) is 18.3. The summed E-state index contributed by atoms with van der Waals surface area (Å²) in [5, 5.41) is 3.42. The van der Waals surface area contributed by atoms with Crippen molar-refractivity contribution in [2.24, 2.45) is 4.99 Å². The minimum atomic E-state index is 0.570. The third-order valence-electron chi connectivity index (χ3n) is 5.51. The number of guanidine groups is 1. The van der Waals surface area contributed by atoms with Gasteiger partial charge in [0.1, 0.15) is 12.0 Å². The number of anilines is 1. The number of nitrogens with one attached hydrogen (secondary N) is 1. The number of aromatic nitrogens is 1. The number of hydrogen-bond donors (Lipinski definition) is 1. The molecule has 4 rings (SSSR count). The van der Waals surface area contributed by atoms with E-state index in [2.05, 4.69) is 56.3 Å². The summed E-state index contributed by atoms with van der Waals surface area (Å²) in [4.78, 5) is 13.7. The summed E-state index contributed by atoms with van der Waals surface area (Å²) >= 11 is 0. The van der Waals surface area contributed by atoms with Crippen molar-refractivity contribution in [2.45, 2.75) is 13.5 Å². The van der Waals surface area contributed by atoms with E-state index < -0.39 is 0 Å². The zero-order chi connectivity index (χ0) is 21.6. The molecule has 0 aliphatic carbocycles. The fourth-order valence-corrected chi connectivity index (χ4v) is 3.69. The summed E-state index contributed by atoms with van der Waals surface area (Å²) in [7, 11) is 3.51. The molecule has 2 heterocycles. The lowest BCUT2D eigenvalue weighted by molar-refractivity contribution is 0.372. The van der Waals surface area contributed by atoms with Gasteiger partial charge in [-0.3, -0.25) is 4.99 Å². The minimum Gasteiger partial charge on any atom is -0.497 e. The second-order valence-electron chi connectivity index (χ2n) is 7.58. The number of rotatable bonds is 5. The zero-order valence-electron chi connectivity index (χ0n) is 18.3. The molecule has 0 amide bonds. The molecule has 162 valence electrons. The quantitative estimate of drug-likeness (QED) is 0.504. The average Bonchev–Trinajstić information content (AvgIpc) is 3.29. The highest BCUT2D eigenvalue weighted by molar-refractivity contribution is 5.80. The first-order valence-electron chi connectivity index (χ1n) is 10.5. The number of hydrogen-bond acceptors (Lipinski definition) is 5. The maximum atomic E-state index is 5.66. The van der Waals surface area contributed by atoms with Gasteiger partial charge in [0.2, 0.25) is 5.89 Å². The molecule has 0 saturated carbocycles. The predicted molar refractivity (Wildman–Crippen MR) is 124 cm³/mol. The van der Waals surface area contributed by atoms with E-state index >= 15 is 0 Å². The standard InChI is InChI=1S/C24H29N5O2/c1-18-4-6-19(7-5-18)23-27-20(17-31-23)16-26-24(25-2)29-14-12-28(13-15-29)21-8-10-22(30-3)11-9-21/h4-11,17H,12-16H2,1-3H3,(H,25,26). The SMILES string of the molecule is CN=C(NCc1coc(-c2ccc(C)cc2)n1)N1CCN(c2ccc(OC)cc2)CC1. The van der Waals surface area contributed by atoms with Crippen LogP contribution in [0.4, 0.5) is 5.69 Å². The fraction of sp³-hybridized carbons (Fsp3) is 0.333. The molecular weight excluding hydrogens is 390 g/mol. The Morgan fingerprint density at radius 1 is 1.06 bits per heavy atom. The first-order chi connectivity index (χ1) is 15.2. The summed E-state index contributed by atoms with van der Waals surface area (Å²) in [5.74, 6) is 2.40. The van der Waals surface area contributed by atoms with Crippen LogP contribution in [0, 0.1) is 6.92 Å². The van der Waals surface area contributed by atoms with E-state index in [9.17, 15) is 0 Å². The summed E-state index contributed by atoms with van der Waals surface area (Å²) in [6.07, 6.45) is 1.71. The van der Waals surface area contributed by atoms with Gasteiger partial charge in [-0.25, -0.2) is 4.98 Å². The molecule has 1 aliphatic rings. The van der Waals surface area contributed by atoms with Crippen LogP contribution in [0.3, 0.4) is 0 Å². The Balaban J connectivity index is 1.30. The summed E-state index contributed by atoms with van der Waals surface area (Å²) in [6, 6.07) is 16.4. The molecule has 1 N–H and O–H groups in total. The number of aliphatic imine (C=N–C) groups is 1. The predicted octanol–water partition coefficient (Wildman–Crippen LogP) is 3.56. The van der Waals surface area contributed by atoms with Crippen molar-refractivity contribution >= 4 is 11.6 Å². The molecule has 1 fully saturated rings. The van der Waals surface area contributed by atoms with Crippen LogP contribution in [-0.4, -0.2) is 56.2 Å². The number of nitrogens with zero attached hydrogens (tertiary/aromatic N) is 4. The van der Waals surface area contributed by atoms with Gasteiger partial charge in [0, 0.05) is 44.5 Å². The highest BCUT2D eigenvalue weighted by Crippen LogP contribution is 2.21. The van der Waals surface area contributed by atoms with E-state index in [1.165, 1.54) is 11.3 Å². The molecule has 7 heteroatoms. The average molecular weight is 420 g/mol. The van der Waals surface area contributed by atoms with Crippen LogP contribution >= 0.6 is 0 Å². The molecular formula is C24H29N5O2. The number of oxazole rings is 1. The van der Waals surface area contributed by atoms with Crippen molar-refractivity contribution in [3.63, 3.8) is 0 Å². The second-order valence-corrected chi connectivity index (χ2v) is 7.58. The van der Waals surface area contributed by atoms with Crippen LogP contribution in [0.15, 0.2) is 64.2 Å². The number of ether oxygens (including phenoxy) is 1. The van der Waals surface area contributed by atoms with E-state index in [4.69, 9.17) is 9.15 Å². The van der Waals surface area contributed by atoms with Gasteiger partial charge in [0.15, 0.2) is 5.96 Å². The minimum absolute atomic E-state index is 0.570. The Morgan fingerprint density at radius 2 is 1.77 bits per heavy atom. The Morgan fingerprint density at radius 3 is 2.42 bits per heavy atom. The molecule has 3 aromatic rings. The number of benzene rings is 2. The maximum Gasteiger partial charge on any atom is 0.226 e. The van der Waals surface area contributed by atoms with Gasteiger partial charge in [-0.1, -0.05) is 17.7 Å². The Bertz CT molecular complexity index is 1000. The smallest absolute Gasteiger partial charge is 0.226 e. The van der Waals surface area contributed by atoms with Crippen molar-refractivity contribution < 1.29 is 9.15 Å². The molecule has 0 atom stereocenters. The van der Waals surface area contributed by atoms with E-state index in [-0.39, 0.29) is 0 Å². The first kappa shape index (κ1) is 20.8. The highest BCUT2D eigenvalue weighted by Gasteiger charge is 2.20. The van der Waals surface area contributed by atoms with Crippen LogP contribution in [-0.2, 0) is 6.54 Å². The number of methoxy groups -OCH3 is 1. The van der Waals surface area contributed by atoms with Crippen LogP contribution in [0.1, 0.15) is 11.3 Å². The monoisotopic (exact) mass is 419 g/mol. The first-order valence-corrected chi connectivity index (χ1v) is 10.5. The second kappa shape index (κ2) is 9.55. The van der Waals surface area contributed by atoms with Crippen LogP contribution in [0.5, 0.6) is 5.75 Å². The van der Waals surface area contributed by atoms with E-state index in [0.29, 0.717) is 12.4 Å². The third-order valence-corrected chi connectivity index (χ3v) is 5.51. The van der Waals surface area contributed by atoms with Gasteiger partial charge in [-0.05, 0) is 43.3 Å². The molecule has 1 aromatic heterocycles. The Labute approximate surface area is 183 Å². The lowest BCUT2D eigenvalue weighted by atomic mass is 10.1. The summed E-state index contributed by atoms with van der Waals surface area (Å²) in [5.41, 5.74) is 4.27. The van der Waals surface area contributed by atoms with Crippen molar-refractivity contribution in [1.29, 1.82) is 0 Å². The fourth-order valence-electron chi connectivity index (χ4n) is 3.69. The van der Waals surface area contributed by atoms with Gasteiger partial charge in [-0.15, -0.1) is 0 Å². The topological polar surface area (TPSA) is 66.1 Å². The lowest BCUT2D eigenvalue weighted by Crippen LogP contribution is -2.52. The van der Waals surface area contributed by atoms with Gasteiger partial charge >= 0.3 is 0 Å². The van der Waals surface area contributed by atoms with E-state index in [1.807, 2.05) is 31.3 Å². The number of aryl methyl sites for hydroxylation is 1. The van der Waals surface area contributed by atoms with Crippen molar-refractivity contribution in [3.05, 3.63) is 66.1 Å². The molecule has 7 nitrogen and oxygen atoms in total. The molecule has 0 unspecified atom stereocenters. The molecule has 0 spiro atoms. The third kappa shape index (κ3) is 4.99. The van der Waals surface area contributed by atoms with Crippen LogP contribution in [0.25, 0.3) is 11.5 Å². The summed E-state index contributed by atoms with van der Waals surface area (Å²) in [6.45, 7) is 6.32. The van der Waals surface area contributed by atoms with E-state index in [1.54, 1.807) is 13.4 Å². The van der Waals surface area contributed by atoms with Crippen LogP contribution < -0.4 is 15.0 Å². The van der Waals surface area contributed by atoms with E-state index in [0.717, 1.165) is 49.1 Å². The van der Waals surface area contributed by atoms with Gasteiger partial charge < -0.3 is 24.3 Å². The largest absolute Gasteiger partial charge is 0.497 e. The lowest BCUT2D eigenvalue weighted by Gasteiger charge is -2.37. The summed E-state index contributed by atoms with van der Waals surface area (Å²) < 4.78 is 10.9. The molecule has 2 aromatic carbocycles. The number of piperazine rings is 1.